The molecule has 0 spiro atoms. The van der Waals surface area contributed by atoms with Crippen LogP contribution in [-0.2, 0) is 23.4 Å². The van der Waals surface area contributed by atoms with Crippen LogP contribution in [0.4, 0.5) is 23.2 Å². The first-order chi connectivity index (χ1) is 17.5. The van der Waals surface area contributed by atoms with Gasteiger partial charge in [-0.05, 0) is 59.3 Å². The topological polar surface area (TPSA) is 98.2 Å². The Bertz CT molecular complexity index is 1470. The van der Waals surface area contributed by atoms with E-state index in [1.165, 1.54) is 37.3 Å². The van der Waals surface area contributed by atoms with E-state index in [-0.39, 0.29) is 28.4 Å². The van der Waals surface area contributed by atoms with E-state index in [1.54, 1.807) is 0 Å². The molecule has 7 nitrogen and oxygen atoms in total. The minimum Gasteiger partial charge on any atom is -0.348 e. The average molecular weight is 644 g/mol. The van der Waals surface area contributed by atoms with Gasteiger partial charge in [0.2, 0.25) is 5.91 Å². The van der Waals surface area contributed by atoms with Crippen LogP contribution in [0.3, 0.4) is 0 Å². The third-order valence-electron chi connectivity index (χ3n) is 5.92. The third kappa shape index (κ3) is 4.83. The number of benzene rings is 3. The number of nitrogens with zero attached hydrogens (tertiary/aromatic N) is 4. The van der Waals surface area contributed by atoms with E-state index in [4.69, 9.17) is 17.1 Å². The minimum absolute atomic E-state index is 0.00805. The zero-order valence-electron chi connectivity index (χ0n) is 18.8. The number of carbonyl (C=O) groups excluding carboxylic acids is 2. The van der Waals surface area contributed by atoms with Crippen molar-refractivity contribution >= 4 is 51.7 Å². The van der Waals surface area contributed by atoms with Crippen LogP contribution in [0.1, 0.15) is 34.0 Å². The molecule has 13 heteroatoms. The molecule has 1 unspecified atom stereocenters. The predicted molar refractivity (Wildman–Crippen MR) is 136 cm³/mol. The molecular formula is C24H15ClF4IN5O2. The van der Waals surface area contributed by atoms with Gasteiger partial charge in [0.15, 0.2) is 5.54 Å². The highest BCUT2D eigenvalue weighted by atomic mass is 127. The number of halogens is 6. The molecule has 0 saturated carbocycles. The normalized spacial score (nSPS) is 16.4. The third-order valence-corrected chi connectivity index (χ3v) is 7.13. The maximum absolute atomic E-state index is 14.5. The van der Waals surface area contributed by atoms with Gasteiger partial charge in [0.05, 0.1) is 12.2 Å². The van der Waals surface area contributed by atoms with E-state index in [9.17, 15) is 27.2 Å². The van der Waals surface area contributed by atoms with E-state index in [2.05, 4.69) is 15.3 Å². The van der Waals surface area contributed by atoms with Gasteiger partial charge in [0, 0.05) is 54.4 Å². The van der Waals surface area contributed by atoms with Crippen molar-refractivity contribution in [2.75, 3.05) is 4.90 Å². The highest BCUT2D eigenvalue weighted by Gasteiger charge is 2.49. The molecule has 1 aliphatic rings. The van der Waals surface area contributed by atoms with Crippen LogP contribution in [0.5, 0.6) is 0 Å². The molecule has 0 fully saturated rings. The molecule has 0 aliphatic carbocycles. The Hall–Kier alpha value is -3.35. The first kappa shape index (κ1) is 26.7. The highest BCUT2D eigenvalue weighted by molar-refractivity contribution is 14.1. The number of hydrogen-bond donors (Lipinski definition) is 1. The number of hydrogen-bond acceptors (Lipinski definition) is 3. The lowest BCUT2D eigenvalue weighted by Gasteiger charge is -2.21. The van der Waals surface area contributed by atoms with Crippen LogP contribution in [-0.4, -0.2) is 11.8 Å². The Kier molecular flexibility index (Phi) is 7.36. The average Bonchev–Trinajstić information content (AvgIpc) is 3.02. The van der Waals surface area contributed by atoms with Crippen LogP contribution in [0.25, 0.3) is 10.4 Å². The summed E-state index contributed by atoms with van der Waals surface area (Å²) in [6.45, 7) is 0.508. The lowest BCUT2D eigenvalue weighted by molar-refractivity contribution is -0.122. The summed E-state index contributed by atoms with van der Waals surface area (Å²) in [7, 11) is 0. The summed E-state index contributed by atoms with van der Waals surface area (Å²) in [5.41, 5.74) is 7.41. The molecule has 190 valence electrons. The molecule has 37 heavy (non-hydrogen) atoms. The van der Waals surface area contributed by atoms with Crippen LogP contribution < -0.4 is 10.2 Å². The number of azide groups is 1. The van der Waals surface area contributed by atoms with Gasteiger partial charge in [-0.25, -0.2) is 17.6 Å². The molecule has 2 amide bonds. The maximum atomic E-state index is 14.5. The Morgan fingerprint density at radius 3 is 2.43 bits per heavy atom. The summed E-state index contributed by atoms with van der Waals surface area (Å²) in [6, 6.07) is 7.77. The molecule has 1 aliphatic heterocycles. The van der Waals surface area contributed by atoms with Gasteiger partial charge in [-0.2, -0.15) is 0 Å². The molecule has 3 aromatic rings. The van der Waals surface area contributed by atoms with Crippen molar-refractivity contribution in [3.63, 3.8) is 0 Å². The molecule has 0 aromatic heterocycles. The fraction of sp³-hybridized carbons (Fsp3) is 0.167. The second-order valence-electron chi connectivity index (χ2n) is 8.24. The molecule has 0 bridgehead atoms. The Morgan fingerprint density at radius 2 is 1.81 bits per heavy atom. The van der Waals surface area contributed by atoms with Crippen LogP contribution in [0, 0.1) is 26.8 Å². The summed E-state index contributed by atoms with van der Waals surface area (Å²) < 4.78 is 56.0. The van der Waals surface area contributed by atoms with Crippen molar-refractivity contribution < 1.29 is 27.2 Å². The smallest absolute Gasteiger partial charge is 0.251 e. The van der Waals surface area contributed by atoms with Gasteiger partial charge in [-0.1, -0.05) is 22.8 Å². The van der Waals surface area contributed by atoms with Crippen molar-refractivity contribution in [2.45, 2.75) is 25.6 Å². The van der Waals surface area contributed by atoms with E-state index in [0.29, 0.717) is 21.3 Å². The Labute approximate surface area is 226 Å². The molecule has 4 rings (SSSR count). The summed E-state index contributed by atoms with van der Waals surface area (Å²) in [4.78, 5) is 30.3. The molecule has 1 heterocycles. The summed E-state index contributed by atoms with van der Waals surface area (Å²) >= 11 is 8.02. The monoisotopic (exact) mass is 643 g/mol. The summed E-state index contributed by atoms with van der Waals surface area (Å²) in [6.07, 6.45) is 0. The fourth-order valence-corrected chi connectivity index (χ4v) is 5.45. The first-order valence-electron chi connectivity index (χ1n) is 10.5. The van der Waals surface area contributed by atoms with Crippen molar-refractivity contribution in [2.24, 2.45) is 5.11 Å². The Morgan fingerprint density at radius 1 is 1.14 bits per heavy atom. The number of nitrogens with one attached hydrogen (secondary N) is 1. The van der Waals surface area contributed by atoms with Crippen molar-refractivity contribution in [1.82, 2.24) is 5.32 Å². The lowest BCUT2D eigenvalue weighted by atomic mass is 9.94. The quantitative estimate of drug-likeness (QED) is 0.109. The number of anilines is 1. The van der Waals surface area contributed by atoms with E-state index < -0.39 is 52.7 Å². The molecule has 3 aromatic carbocycles. The number of fused-ring (bicyclic) bond motifs is 1. The van der Waals surface area contributed by atoms with Gasteiger partial charge < -0.3 is 10.2 Å². The van der Waals surface area contributed by atoms with E-state index >= 15 is 0 Å². The van der Waals surface area contributed by atoms with Crippen LogP contribution in [0.15, 0.2) is 47.6 Å². The zero-order chi connectivity index (χ0) is 27.1. The zero-order valence-corrected chi connectivity index (χ0v) is 21.7. The maximum Gasteiger partial charge on any atom is 0.251 e. The van der Waals surface area contributed by atoms with Crippen LogP contribution >= 0.6 is 34.2 Å². The van der Waals surface area contributed by atoms with Gasteiger partial charge in [0.1, 0.15) is 23.3 Å². The summed E-state index contributed by atoms with van der Waals surface area (Å²) in [5, 5.41) is 6.13. The lowest BCUT2D eigenvalue weighted by Crippen LogP contribution is -2.36. The van der Waals surface area contributed by atoms with Crippen molar-refractivity contribution in [3.8, 4) is 0 Å². The van der Waals surface area contributed by atoms with Gasteiger partial charge in [-0.15, -0.1) is 0 Å². The van der Waals surface area contributed by atoms with E-state index in [0.717, 1.165) is 4.90 Å². The highest BCUT2D eigenvalue weighted by Crippen LogP contribution is 2.47. The van der Waals surface area contributed by atoms with Gasteiger partial charge in [0.25, 0.3) is 5.91 Å². The molecule has 1 N–H and O–H groups in total. The van der Waals surface area contributed by atoms with Gasteiger partial charge in [-0.3, -0.25) is 9.59 Å². The number of carbonyl (C=O) groups is 2. The fourth-order valence-electron chi connectivity index (χ4n) is 4.09. The van der Waals surface area contributed by atoms with E-state index in [1.807, 2.05) is 22.6 Å². The van der Waals surface area contributed by atoms with Gasteiger partial charge >= 0.3 is 0 Å². The van der Waals surface area contributed by atoms with Crippen LogP contribution in [0.2, 0.25) is 5.02 Å². The Balaban J connectivity index is 1.74. The molecule has 0 radical (unpaired) electrons. The number of amides is 2. The SMILES string of the molecule is CC1(N=[N+]=[N-])C(=O)N(Cc2c(F)cccc2Cl)c2cc(C(=O)NCc3c(F)cc(F)cc3F)cc(I)c21. The second kappa shape index (κ2) is 10.2. The molecular weight excluding hydrogens is 629 g/mol. The standard InChI is InChI=1S/C24H15ClF4IN5O2/c1-24(33-34-31)21-19(30)5-11(22(36)32-9-13-17(28)7-12(26)8-18(13)29)6-20(21)35(23(24)37)10-14-15(25)3-2-4-16(14)27/h2-8H,9-10H2,1H3,(H,32,36). The first-order valence-corrected chi connectivity index (χ1v) is 12.0. The summed E-state index contributed by atoms with van der Waals surface area (Å²) in [5.74, 6) is -5.50. The predicted octanol–water partition coefficient (Wildman–Crippen LogP) is 6.50. The largest absolute Gasteiger partial charge is 0.348 e. The molecule has 0 saturated heterocycles. The molecule has 1 atom stereocenters. The van der Waals surface area contributed by atoms with Crippen molar-refractivity contribution in [1.29, 1.82) is 0 Å². The second-order valence-corrected chi connectivity index (χ2v) is 9.81. The minimum atomic E-state index is -1.69. The number of rotatable bonds is 6. The van der Waals surface area contributed by atoms with Crippen molar-refractivity contribution in [3.05, 3.63) is 107 Å².